The molecule has 0 amide bonds. The van der Waals surface area contributed by atoms with Gasteiger partial charge in [-0.3, -0.25) is 0 Å². The van der Waals surface area contributed by atoms with Crippen molar-refractivity contribution < 1.29 is 4.74 Å². The first-order chi connectivity index (χ1) is 8.79. The second-order valence-corrected chi connectivity index (χ2v) is 5.43. The van der Waals surface area contributed by atoms with E-state index in [-0.39, 0.29) is 0 Å². The van der Waals surface area contributed by atoms with Crippen molar-refractivity contribution in [2.24, 2.45) is 0 Å². The zero-order valence-electron chi connectivity index (χ0n) is 11.0. The summed E-state index contributed by atoms with van der Waals surface area (Å²) >= 11 is 5.87. The fourth-order valence-electron chi connectivity index (χ4n) is 2.67. The maximum absolute atomic E-state index is 5.87. The molecule has 0 saturated heterocycles. The molecule has 100 valence electrons. The van der Waals surface area contributed by atoms with Crippen LogP contribution in [0.4, 0.5) is 0 Å². The summed E-state index contributed by atoms with van der Waals surface area (Å²) in [4.78, 5) is 0. The van der Waals surface area contributed by atoms with Crippen LogP contribution in [0.25, 0.3) is 0 Å². The number of hydrogen-bond donors (Lipinski definition) is 1. The van der Waals surface area contributed by atoms with Gasteiger partial charge in [-0.1, -0.05) is 36.6 Å². The molecule has 1 aromatic carbocycles. The van der Waals surface area contributed by atoms with Gasteiger partial charge in [-0.25, -0.2) is 0 Å². The number of halogens is 1. The predicted molar refractivity (Wildman–Crippen MR) is 76.2 cm³/mol. The number of methoxy groups -OCH3 is 1. The standard InChI is InChI=1S/C15H22ClNO/c1-18-15-5-3-2-4-14(15)17-11-10-12-6-8-13(16)9-7-12/h6-9,14-15,17H,2-5,10-11H2,1H3/t14-,15-/m1/s1. The fraction of sp³-hybridized carbons (Fsp3) is 0.600. The molecule has 1 fully saturated rings. The molecule has 0 radical (unpaired) electrons. The van der Waals surface area contributed by atoms with E-state index in [4.69, 9.17) is 16.3 Å². The summed E-state index contributed by atoms with van der Waals surface area (Å²) in [6.07, 6.45) is 6.48. The Kier molecular flexibility index (Phi) is 5.48. The molecule has 2 rings (SSSR count). The van der Waals surface area contributed by atoms with Crippen LogP contribution >= 0.6 is 11.6 Å². The molecular formula is C15H22ClNO. The Morgan fingerprint density at radius 3 is 2.67 bits per heavy atom. The van der Waals surface area contributed by atoms with E-state index in [1.54, 1.807) is 0 Å². The Morgan fingerprint density at radius 1 is 1.22 bits per heavy atom. The van der Waals surface area contributed by atoms with Crippen LogP contribution in [0.1, 0.15) is 31.2 Å². The van der Waals surface area contributed by atoms with E-state index in [1.165, 1.54) is 31.2 Å². The summed E-state index contributed by atoms with van der Waals surface area (Å²) in [7, 11) is 1.82. The lowest BCUT2D eigenvalue weighted by atomic mass is 9.92. The predicted octanol–water partition coefficient (Wildman–Crippen LogP) is 3.43. The van der Waals surface area contributed by atoms with Crippen molar-refractivity contribution in [3.63, 3.8) is 0 Å². The number of ether oxygens (including phenoxy) is 1. The molecule has 1 aliphatic carbocycles. The number of nitrogens with one attached hydrogen (secondary N) is 1. The smallest absolute Gasteiger partial charge is 0.0724 e. The molecule has 0 bridgehead atoms. The van der Waals surface area contributed by atoms with Crippen molar-refractivity contribution in [1.82, 2.24) is 5.32 Å². The van der Waals surface area contributed by atoms with Crippen molar-refractivity contribution in [2.45, 2.75) is 44.2 Å². The van der Waals surface area contributed by atoms with Crippen LogP contribution in [0.15, 0.2) is 24.3 Å². The van der Waals surface area contributed by atoms with Gasteiger partial charge in [0.15, 0.2) is 0 Å². The summed E-state index contributed by atoms with van der Waals surface area (Å²) < 4.78 is 5.54. The third-order valence-corrected chi connectivity index (χ3v) is 3.99. The van der Waals surface area contributed by atoms with Crippen molar-refractivity contribution in [3.05, 3.63) is 34.9 Å². The Bertz CT molecular complexity index is 352. The van der Waals surface area contributed by atoms with Crippen LogP contribution in [-0.2, 0) is 11.2 Å². The van der Waals surface area contributed by atoms with Gasteiger partial charge in [0.25, 0.3) is 0 Å². The van der Waals surface area contributed by atoms with Gasteiger partial charge in [-0.15, -0.1) is 0 Å². The molecular weight excluding hydrogens is 246 g/mol. The van der Waals surface area contributed by atoms with Crippen LogP contribution in [0.2, 0.25) is 5.02 Å². The molecule has 0 unspecified atom stereocenters. The van der Waals surface area contributed by atoms with Gasteiger partial charge in [0.05, 0.1) is 6.10 Å². The van der Waals surface area contributed by atoms with Crippen LogP contribution in [0, 0.1) is 0 Å². The zero-order chi connectivity index (χ0) is 12.8. The lowest BCUT2D eigenvalue weighted by Gasteiger charge is -2.31. The summed E-state index contributed by atoms with van der Waals surface area (Å²) in [5, 5.41) is 4.43. The highest BCUT2D eigenvalue weighted by Crippen LogP contribution is 2.20. The van der Waals surface area contributed by atoms with E-state index in [0.29, 0.717) is 12.1 Å². The second kappa shape index (κ2) is 7.13. The van der Waals surface area contributed by atoms with E-state index in [2.05, 4.69) is 17.4 Å². The number of rotatable bonds is 5. The van der Waals surface area contributed by atoms with Crippen molar-refractivity contribution >= 4 is 11.6 Å². The minimum absolute atomic E-state index is 0.393. The molecule has 18 heavy (non-hydrogen) atoms. The Balaban J connectivity index is 1.75. The molecule has 1 aromatic rings. The number of hydrogen-bond acceptors (Lipinski definition) is 2. The molecule has 1 N–H and O–H groups in total. The van der Waals surface area contributed by atoms with Gasteiger partial charge in [-0.2, -0.15) is 0 Å². The zero-order valence-corrected chi connectivity index (χ0v) is 11.7. The summed E-state index contributed by atoms with van der Waals surface area (Å²) in [6, 6.07) is 8.62. The van der Waals surface area contributed by atoms with Crippen molar-refractivity contribution in [1.29, 1.82) is 0 Å². The molecule has 1 saturated carbocycles. The average Bonchev–Trinajstić information content (AvgIpc) is 2.41. The van der Waals surface area contributed by atoms with Crippen LogP contribution in [0.3, 0.4) is 0 Å². The summed E-state index contributed by atoms with van der Waals surface area (Å²) in [6.45, 7) is 1.01. The summed E-state index contributed by atoms with van der Waals surface area (Å²) in [5.41, 5.74) is 1.33. The lowest BCUT2D eigenvalue weighted by molar-refractivity contribution is 0.0421. The topological polar surface area (TPSA) is 21.3 Å². The SMILES string of the molecule is CO[C@@H]1CCCC[C@H]1NCCc1ccc(Cl)cc1. The molecule has 0 aliphatic heterocycles. The molecule has 2 atom stereocenters. The molecule has 3 heteroatoms. The van der Waals surface area contributed by atoms with Gasteiger partial charge in [-0.05, 0) is 43.5 Å². The maximum Gasteiger partial charge on any atom is 0.0724 e. The van der Waals surface area contributed by atoms with Crippen LogP contribution in [-0.4, -0.2) is 25.8 Å². The highest BCUT2D eigenvalue weighted by atomic mass is 35.5. The van der Waals surface area contributed by atoms with Gasteiger partial charge >= 0.3 is 0 Å². The van der Waals surface area contributed by atoms with Gasteiger partial charge in [0.2, 0.25) is 0 Å². The molecule has 2 nitrogen and oxygen atoms in total. The normalized spacial score (nSPS) is 24.1. The van der Waals surface area contributed by atoms with Gasteiger partial charge in [0.1, 0.15) is 0 Å². The molecule has 0 heterocycles. The first kappa shape index (κ1) is 13.9. The first-order valence-electron chi connectivity index (χ1n) is 6.80. The maximum atomic E-state index is 5.87. The van der Waals surface area contributed by atoms with Crippen LogP contribution in [0.5, 0.6) is 0 Å². The fourth-order valence-corrected chi connectivity index (χ4v) is 2.79. The van der Waals surface area contributed by atoms with E-state index in [9.17, 15) is 0 Å². The monoisotopic (exact) mass is 267 g/mol. The molecule has 1 aliphatic rings. The third-order valence-electron chi connectivity index (χ3n) is 3.74. The quantitative estimate of drug-likeness (QED) is 0.883. The summed E-state index contributed by atoms with van der Waals surface area (Å²) in [5.74, 6) is 0. The van der Waals surface area contributed by atoms with E-state index in [0.717, 1.165) is 18.0 Å². The van der Waals surface area contributed by atoms with E-state index < -0.39 is 0 Å². The van der Waals surface area contributed by atoms with Crippen molar-refractivity contribution in [3.8, 4) is 0 Å². The molecule has 0 spiro atoms. The lowest BCUT2D eigenvalue weighted by Crippen LogP contribution is -2.43. The second-order valence-electron chi connectivity index (χ2n) is 5.00. The highest BCUT2D eigenvalue weighted by Gasteiger charge is 2.23. The van der Waals surface area contributed by atoms with Crippen molar-refractivity contribution in [2.75, 3.05) is 13.7 Å². The minimum Gasteiger partial charge on any atom is -0.380 e. The van der Waals surface area contributed by atoms with E-state index in [1.807, 2.05) is 19.2 Å². The Labute approximate surface area is 115 Å². The average molecular weight is 268 g/mol. The van der Waals surface area contributed by atoms with Gasteiger partial charge < -0.3 is 10.1 Å². The first-order valence-corrected chi connectivity index (χ1v) is 7.18. The largest absolute Gasteiger partial charge is 0.380 e. The highest BCUT2D eigenvalue weighted by molar-refractivity contribution is 6.30. The van der Waals surface area contributed by atoms with E-state index >= 15 is 0 Å². The van der Waals surface area contributed by atoms with Crippen LogP contribution < -0.4 is 5.32 Å². The number of benzene rings is 1. The van der Waals surface area contributed by atoms with Gasteiger partial charge in [0, 0.05) is 18.2 Å². The Hall–Kier alpha value is -0.570. The minimum atomic E-state index is 0.393. The third kappa shape index (κ3) is 3.98. The molecule has 0 aromatic heterocycles. The Morgan fingerprint density at radius 2 is 1.94 bits per heavy atom.